The van der Waals surface area contributed by atoms with Gasteiger partial charge in [0.1, 0.15) is 5.82 Å². The third-order valence-electron chi connectivity index (χ3n) is 3.61. The van der Waals surface area contributed by atoms with E-state index >= 15 is 0 Å². The van der Waals surface area contributed by atoms with Crippen molar-refractivity contribution in [2.45, 2.75) is 13.0 Å². The third kappa shape index (κ3) is 2.46. The van der Waals surface area contributed by atoms with Gasteiger partial charge in [-0.25, -0.2) is 4.98 Å². The Kier molecular flexibility index (Phi) is 3.78. The number of aromatic nitrogens is 1. The van der Waals surface area contributed by atoms with Crippen LogP contribution in [0.4, 0.5) is 5.82 Å². The average Bonchev–Trinajstić information content (AvgIpc) is 2.47. The summed E-state index contributed by atoms with van der Waals surface area (Å²) in [7, 11) is 0. The number of rotatable bonds is 2. The fraction of sp³-hybridized carbons (Fsp3) is 0.400. The molecular weight excluding hydrogens is 274 g/mol. The van der Waals surface area contributed by atoms with E-state index in [1.165, 1.54) is 0 Å². The van der Waals surface area contributed by atoms with Crippen LogP contribution in [0, 0.1) is 0 Å². The Morgan fingerprint density at radius 2 is 2.10 bits per heavy atom. The summed E-state index contributed by atoms with van der Waals surface area (Å²) in [5.41, 5.74) is 8.01. The number of benzene rings is 1. The van der Waals surface area contributed by atoms with Gasteiger partial charge in [-0.3, -0.25) is 0 Å². The first-order chi connectivity index (χ1) is 9.66. The molecule has 0 aliphatic carbocycles. The van der Waals surface area contributed by atoms with E-state index in [-0.39, 0.29) is 6.04 Å². The van der Waals surface area contributed by atoms with Crippen LogP contribution in [0.2, 0.25) is 5.02 Å². The Morgan fingerprint density at radius 1 is 1.35 bits per heavy atom. The molecule has 2 N–H and O–H groups in total. The zero-order valence-corrected chi connectivity index (χ0v) is 12.2. The SMILES string of the molecule is C[C@H](N)c1cc2cccc(Cl)c2nc1N1CCOCC1. The maximum absolute atomic E-state index is 6.26. The number of nitrogens with two attached hydrogens (primary N) is 1. The first kappa shape index (κ1) is 13.6. The van der Waals surface area contributed by atoms with Gasteiger partial charge in [0.15, 0.2) is 0 Å². The van der Waals surface area contributed by atoms with Crippen LogP contribution in [0.15, 0.2) is 24.3 Å². The zero-order valence-electron chi connectivity index (χ0n) is 11.5. The molecule has 20 heavy (non-hydrogen) atoms. The maximum Gasteiger partial charge on any atom is 0.134 e. The Balaban J connectivity index is 2.16. The molecule has 1 aromatic carbocycles. The van der Waals surface area contributed by atoms with Gasteiger partial charge in [-0.05, 0) is 19.1 Å². The number of halogens is 1. The Hall–Kier alpha value is -1.36. The average molecular weight is 292 g/mol. The van der Waals surface area contributed by atoms with Crippen molar-refractivity contribution in [2.24, 2.45) is 5.73 Å². The summed E-state index contributed by atoms with van der Waals surface area (Å²) >= 11 is 6.26. The largest absolute Gasteiger partial charge is 0.378 e. The van der Waals surface area contributed by atoms with Crippen molar-refractivity contribution in [3.63, 3.8) is 0 Å². The van der Waals surface area contributed by atoms with Gasteiger partial charge in [-0.2, -0.15) is 0 Å². The molecule has 2 aromatic rings. The molecule has 1 fully saturated rings. The number of anilines is 1. The molecule has 1 aliphatic rings. The van der Waals surface area contributed by atoms with E-state index in [0.29, 0.717) is 5.02 Å². The van der Waals surface area contributed by atoms with Gasteiger partial charge in [-0.15, -0.1) is 0 Å². The van der Waals surface area contributed by atoms with E-state index in [2.05, 4.69) is 11.0 Å². The van der Waals surface area contributed by atoms with Crippen LogP contribution in [-0.4, -0.2) is 31.3 Å². The fourth-order valence-electron chi connectivity index (χ4n) is 2.53. The van der Waals surface area contributed by atoms with Gasteiger partial charge in [0.05, 0.1) is 23.8 Å². The molecule has 5 heteroatoms. The van der Waals surface area contributed by atoms with Crippen LogP contribution >= 0.6 is 11.6 Å². The highest BCUT2D eigenvalue weighted by Crippen LogP contribution is 2.31. The summed E-state index contributed by atoms with van der Waals surface area (Å²) in [5, 5.41) is 1.70. The first-order valence-corrected chi connectivity index (χ1v) is 7.22. The predicted molar refractivity (Wildman–Crippen MR) is 82.4 cm³/mol. The highest BCUT2D eigenvalue weighted by molar-refractivity contribution is 6.35. The van der Waals surface area contributed by atoms with Crippen LogP contribution in [-0.2, 0) is 4.74 Å². The van der Waals surface area contributed by atoms with Crippen LogP contribution < -0.4 is 10.6 Å². The molecule has 0 amide bonds. The van der Waals surface area contributed by atoms with Crippen molar-refractivity contribution in [1.29, 1.82) is 0 Å². The lowest BCUT2D eigenvalue weighted by Gasteiger charge is -2.30. The summed E-state index contributed by atoms with van der Waals surface area (Å²) < 4.78 is 5.41. The molecule has 106 valence electrons. The van der Waals surface area contributed by atoms with Gasteiger partial charge in [0.25, 0.3) is 0 Å². The van der Waals surface area contributed by atoms with Gasteiger partial charge in [0, 0.05) is 30.1 Å². The van der Waals surface area contributed by atoms with Crippen molar-refractivity contribution in [1.82, 2.24) is 4.98 Å². The van der Waals surface area contributed by atoms with E-state index in [1.807, 2.05) is 25.1 Å². The maximum atomic E-state index is 6.26. The van der Waals surface area contributed by atoms with E-state index in [4.69, 9.17) is 27.1 Å². The van der Waals surface area contributed by atoms with Crippen molar-refractivity contribution < 1.29 is 4.74 Å². The lowest BCUT2D eigenvalue weighted by atomic mass is 10.1. The summed E-state index contributed by atoms with van der Waals surface area (Å²) in [6.07, 6.45) is 0. The first-order valence-electron chi connectivity index (χ1n) is 6.84. The normalized spacial score (nSPS) is 17.4. The van der Waals surface area contributed by atoms with Gasteiger partial charge in [-0.1, -0.05) is 23.7 Å². The Morgan fingerprint density at radius 3 is 2.80 bits per heavy atom. The molecule has 0 radical (unpaired) electrons. The number of para-hydroxylation sites is 1. The molecule has 1 aromatic heterocycles. The summed E-state index contributed by atoms with van der Waals surface area (Å²) in [4.78, 5) is 7.01. The fourth-order valence-corrected chi connectivity index (χ4v) is 2.76. The predicted octanol–water partition coefficient (Wildman–Crippen LogP) is 2.74. The van der Waals surface area contributed by atoms with Crippen molar-refractivity contribution in [3.05, 3.63) is 34.9 Å². The smallest absolute Gasteiger partial charge is 0.134 e. The lowest BCUT2D eigenvalue weighted by molar-refractivity contribution is 0.122. The summed E-state index contributed by atoms with van der Waals surface area (Å²) in [5.74, 6) is 0.934. The lowest BCUT2D eigenvalue weighted by Crippen LogP contribution is -2.37. The van der Waals surface area contributed by atoms with Crippen molar-refractivity contribution in [3.8, 4) is 0 Å². The Bertz CT molecular complexity index is 624. The van der Waals surface area contributed by atoms with Crippen LogP contribution in [0.3, 0.4) is 0 Å². The number of hydrogen-bond acceptors (Lipinski definition) is 4. The number of nitrogens with zero attached hydrogens (tertiary/aromatic N) is 2. The quantitative estimate of drug-likeness (QED) is 0.924. The number of fused-ring (bicyclic) bond motifs is 1. The molecule has 2 heterocycles. The second kappa shape index (κ2) is 5.56. The third-order valence-corrected chi connectivity index (χ3v) is 3.91. The molecule has 0 saturated carbocycles. The van der Waals surface area contributed by atoms with Crippen molar-refractivity contribution >= 4 is 28.3 Å². The number of hydrogen-bond donors (Lipinski definition) is 1. The van der Waals surface area contributed by atoms with Crippen molar-refractivity contribution in [2.75, 3.05) is 31.2 Å². The number of ether oxygens (including phenoxy) is 1. The molecule has 4 nitrogen and oxygen atoms in total. The second-order valence-corrected chi connectivity index (χ2v) is 5.51. The molecule has 1 saturated heterocycles. The van der Waals surface area contributed by atoms with E-state index < -0.39 is 0 Å². The molecule has 1 atom stereocenters. The summed E-state index contributed by atoms with van der Waals surface area (Å²) in [6.45, 7) is 5.10. The molecule has 0 bridgehead atoms. The molecular formula is C15H18ClN3O. The highest BCUT2D eigenvalue weighted by Gasteiger charge is 2.19. The van der Waals surface area contributed by atoms with E-state index in [9.17, 15) is 0 Å². The minimum absolute atomic E-state index is 0.0660. The zero-order chi connectivity index (χ0) is 14.1. The van der Waals surface area contributed by atoms with Crippen LogP contribution in [0.1, 0.15) is 18.5 Å². The van der Waals surface area contributed by atoms with Gasteiger partial charge < -0.3 is 15.4 Å². The number of morpholine rings is 1. The standard InChI is InChI=1S/C15H18ClN3O/c1-10(17)12-9-11-3-2-4-13(16)14(11)18-15(12)19-5-7-20-8-6-19/h2-4,9-10H,5-8,17H2,1H3/t10-/m0/s1. The molecule has 3 rings (SSSR count). The highest BCUT2D eigenvalue weighted by atomic mass is 35.5. The van der Waals surface area contributed by atoms with E-state index in [1.54, 1.807) is 0 Å². The second-order valence-electron chi connectivity index (χ2n) is 5.10. The van der Waals surface area contributed by atoms with Gasteiger partial charge >= 0.3 is 0 Å². The minimum Gasteiger partial charge on any atom is -0.378 e. The summed E-state index contributed by atoms with van der Waals surface area (Å²) in [6, 6.07) is 7.85. The minimum atomic E-state index is -0.0660. The topological polar surface area (TPSA) is 51.4 Å². The number of pyridine rings is 1. The Labute approximate surface area is 123 Å². The van der Waals surface area contributed by atoms with Crippen LogP contribution in [0.25, 0.3) is 10.9 Å². The molecule has 1 aliphatic heterocycles. The monoisotopic (exact) mass is 291 g/mol. The molecule has 0 unspecified atom stereocenters. The van der Waals surface area contributed by atoms with Gasteiger partial charge in [0.2, 0.25) is 0 Å². The molecule has 0 spiro atoms. The van der Waals surface area contributed by atoms with Crippen LogP contribution in [0.5, 0.6) is 0 Å². The van der Waals surface area contributed by atoms with E-state index in [0.717, 1.165) is 48.6 Å².